The van der Waals surface area contributed by atoms with Gasteiger partial charge in [0.1, 0.15) is 20.2 Å². The van der Waals surface area contributed by atoms with Crippen LogP contribution in [0.4, 0.5) is 0 Å². The molecule has 0 amide bonds. The molecule has 0 saturated carbocycles. The van der Waals surface area contributed by atoms with E-state index in [1.165, 1.54) is 0 Å². The van der Waals surface area contributed by atoms with Crippen molar-refractivity contribution in [1.29, 1.82) is 0 Å². The van der Waals surface area contributed by atoms with Gasteiger partial charge in [-0.2, -0.15) is 0 Å². The molecule has 6 heteroatoms. The normalized spacial score (nSPS) is 21.0. The van der Waals surface area contributed by atoms with Gasteiger partial charge in [0.25, 0.3) is 0 Å². The Bertz CT molecular complexity index is 673. The molecule has 114 valence electrons. The number of nitrogens with one attached hydrogen (secondary N) is 2. The lowest BCUT2D eigenvalue weighted by atomic mass is 9.92. The first-order chi connectivity index (χ1) is 9.66. The molecule has 1 fully saturated rings. The summed E-state index contributed by atoms with van der Waals surface area (Å²) in [5.74, 6) is -0.256. The summed E-state index contributed by atoms with van der Waals surface area (Å²) >= 11 is 2.15. The van der Waals surface area contributed by atoms with E-state index in [0.717, 1.165) is 16.7 Å². The summed E-state index contributed by atoms with van der Waals surface area (Å²) in [4.78, 5) is 12.7. The molecular formula is C15H19IN2O3. The van der Waals surface area contributed by atoms with Gasteiger partial charge in [-0.05, 0) is 45.9 Å². The van der Waals surface area contributed by atoms with Crippen LogP contribution in [0.2, 0.25) is 0 Å². The van der Waals surface area contributed by atoms with E-state index in [2.05, 4.69) is 33.2 Å². The largest absolute Gasteiger partial charge is 0.457 e. The van der Waals surface area contributed by atoms with Crippen molar-refractivity contribution in [2.45, 2.75) is 42.4 Å². The number of carbonyl (C=O) groups excluding carboxylic acids is 1. The van der Waals surface area contributed by atoms with Gasteiger partial charge in [0.15, 0.2) is 0 Å². The minimum Gasteiger partial charge on any atom is -0.457 e. The summed E-state index contributed by atoms with van der Waals surface area (Å²) in [6.07, 6.45) is 0. The Kier molecular flexibility index (Phi) is 3.27. The van der Waals surface area contributed by atoms with Gasteiger partial charge in [0, 0.05) is 12.2 Å². The van der Waals surface area contributed by atoms with Gasteiger partial charge in [-0.25, -0.2) is 0 Å². The van der Waals surface area contributed by atoms with Crippen LogP contribution < -0.4 is 10.6 Å². The number of carbonyl (C=O) groups is 1. The lowest BCUT2D eigenvalue weighted by molar-refractivity contribution is -0.163. The first kappa shape index (κ1) is 15.1. The number of hydrogen-bond donors (Lipinski definition) is 2. The van der Waals surface area contributed by atoms with Crippen molar-refractivity contribution in [1.82, 2.24) is 10.6 Å². The second-order valence-electron chi connectivity index (χ2n) is 6.32. The average molecular weight is 402 g/mol. The third-order valence-corrected chi connectivity index (χ3v) is 5.90. The van der Waals surface area contributed by atoms with Crippen LogP contribution in [0.15, 0.2) is 22.6 Å². The van der Waals surface area contributed by atoms with Gasteiger partial charge in [-0.1, -0.05) is 22.6 Å². The summed E-state index contributed by atoms with van der Waals surface area (Å²) in [5.41, 5.74) is 1.29. The second-order valence-corrected chi connectivity index (χ2v) is 8.48. The van der Waals surface area contributed by atoms with E-state index in [4.69, 9.17) is 9.15 Å². The number of ether oxygens (including phenoxy) is 1. The molecule has 1 atom stereocenters. The van der Waals surface area contributed by atoms with E-state index < -0.39 is 14.7 Å². The van der Waals surface area contributed by atoms with Crippen molar-refractivity contribution in [3.63, 3.8) is 0 Å². The van der Waals surface area contributed by atoms with E-state index >= 15 is 0 Å². The number of esters is 1. The standard InChI is InChI=1S/C15H19IN2O3/c1-13(2,10-7-9-5-6-11(10)20-9)21-12(19)14(3,16)15(4)17-8-18-15/h5-7,17-18H,8H2,1-4H3. The van der Waals surface area contributed by atoms with Crippen LogP contribution in [0.5, 0.6) is 0 Å². The minimum atomic E-state index is -0.731. The molecule has 5 nitrogen and oxygen atoms in total. The molecule has 0 aromatic carbocycles. The SMILES string of the molecule is CC(C)(OC(=O)C(C)(I)C1(C)NCN1)c1cc2ccc1o2. The van der Waals surface area contributed by atoms with Crippen molar-refractivity contribution in [2.24, 2.45) is 0 Å². The number of benzene rings is 1. The highest BCUT2D eigenvalue weighted by molar-refractivity contribution is 14.1. The first-order valence-electron chi connectivity index (χ1n) is 6.90. The highest BCUT2D eigenvalue weighted by Gasteiger charge is 2.54. The second kappa shape index (κ2) is 4.57. The van der Waals surface area contributed by atoms with Crippen LogP contribution >= 0.6 is 22.6 Å². The Labute approximate surface area is 137 Å². The Morgan fingerprint density at radius 2 is 2.05 bits per heavy atom. The molecule has 0 radical (unpaired) electrons. The number of furan rings is 2. The number of alkyl halides is 1. The smallest absolute Gasteiger partial charge is 0.325 e. The number of fused-ring (bicyclic) bond motifs is 2. The maximum absolute atomic E-state index is 12.7. The fourth-order valence-corrected chi connectivity index (χ4v) is 3.02. The van der Waals surface area contributed by atoms with Gasteiger partial charge >= 0.3 is 5.97 Å². The quantitative estimate of drug-likeness (QED) is 0.468. The highest BCUT2D eigenvalue weighted by atomic mass is 127. The Morgan fingerprint density at radius 1 is 1.38 bits per heavy atom. The van der Waals surface area contributed by atoms with Crippen molar-refractivity contribution in [2.75, 3.05) is 6.67 Å². The highest BCUT2D eigenvalue weighted by Crippen LogP contribution is 2.39. The van der Waals surface area contributed by atoms with E-state index in [0.29, 0.717) is 6.67 Å². The van der Waals surface area contributed by atoms with Gasteiger partial charge in [-0.3, -0.25) is 15.4 Å². The lowest BCUT2D eigenvalue weighted by Gasteiger charge is -2.50. The predicted octanol–water partition coefficient (Wildman–Crippen LogP) is 2.71. The third-order valence-electron chi connectivity index (χ3n) is 4.38. The summed E-state index contributed by atoms with van der Waals surface area (Å²) in [7, 11) is 0. The Balaban J connectivity index is 1.81. The average Bonchev–Trinajstić information content (AvgIpc) is 2.97. The molecule has 2 bridgehead atoms. The van der Waals surface area contributed by atoms with Crippen molar-refractivity contribution in [3.8, 4) is 0 Å². The zero-order valence-corrected chi connectivity index (χ0v) is 14.7. The molecule has 21 heavy (non-hydrogen) atoms. The zero-order valence-electron chi connectivity index (χ0n) is 12.5. The molecule has 1 aliphatic rings. The zero-order chi connectivity index (χ0) is 15.5. The molecule has 0 spiro atoms. The molecule has 3 heterocycles. The van der Waals surface area contributed by atoms with E-state index in [1.807, 2.05) is 45.9 Å². The summed E-state index contributed by atoms with van der Waals surface area (Å²) in [5, 5.41) is 6.49. The molecule has 1 saturated heterocycles. The molecule has 2 N–H and O–H groups in total. The van der Waals surface area contributed by atoms with E-state index in [9.17, 15) is 4.79 Å². The van der Waals surface area contributed by atoms with Crippen molar-refractivity contribution >= 4 is 39.7 Å². The first-order valence-corrected chi connectivity index (χ1v) is 7.98. The third kappa shape index (κ3) is 2.24. The summed E-state index contributed by atoms with van der Waals surface area (Å²) in [6.45, 7) is 8.31. The minimum absolute atomic E-state index is 0.256. The van der Waals surface area contributed by atoms with Crippen LogP contribution in [0.25, 0.3) is 11.2 Å². The number of halogens is 1. The maximum atomic E-state index is 12.7. The van der Waals surface area contributed by atoms with Crippen LogP contribution in [0.1, 0.15) is 33.3 Å². The number of rotatable bonds is 4. The molecule has 1 unspecified atom stereocenters. The van der Waals surface area contributed by atoms with Crippen LogP contribution in [-0.4, -0.2) is 21.7 Å². The topological polar surface area (TPSA) is 63.5 Å². The van der Waals surface area contributed by atoms with Crippen molar-refractivity contribution in [3.05, 3.63) is 23.8 Å². The van der Waals surface area contributed by atoms with Crippen LogP contribution in [0, 0.1) is 0 Å². The van der Waals surface area contributed by atoms with Gasteiger partial charge < -0.3 is 9.15 Å². The molecule has 2 aromatic rings. The molecule has 2 aromatic heterocycles. The van der Waals surface area contributed by atoms with Gasteiger partial charge in [0.2, 0.25) is 0 Å². The fourth-order valence-electron chi connectivity index (χ4n) is 2.53. The van der Waals surface area contributed by atoms with E-state index in [1.54, 1.807) is 0 Å². The van der Waals surface area contributed by atoms with Gasteiger partial charge in [-0.15, -0.1) is 0 Å². The van der Waals surface area contributed by atoms with E-state index in [-0.39, 0.29) is 5.97 Å². The molecular weight excluding hydrogens is 383 g/mol. The molecule has 1 aliphatic heterocycles. The van der Waals surface area contributed by atoms with Crippen molar-refractivity contribution < 1.29 is 13.9 Å². The maximum Gasteiger partial charge on any atom is 0.325 e. The summed E-state index contributed by atoms with van der Waals surface area (Å²) in [6, 6.07) is 5.73. The Hall–Kier alpha value is -0.860. The van der Waals surface area contributed by atoms with Crippen LogP contribution in [0.3, 0.4) is 0 Å². The summed E-state index contributed by atoms with van der Waals surface area (Å²) < 4.78 is 10.7. The monoisotopic (exact) mass is 402 g/mol. The molecule has 0 aliphatic carbocycles. The Morgan fingerprint density at radius 3 is 2.48 bits per heavy atom. The van der Waals surface area contributed by atoms with Crippen LogP contribution in [-0.2, 0) is 15.1 Å². The molecule has 3 rings (SSSR count). The fraction of sp³-hybridized carbons (Fsp3) is 0.533. The number of hydrogen-bond acceptors (Lipinski definition) is 5. The van der Waals surface area contributed by atoms with Gasteiger partial charge in [0.05, 0.1) is 5.66 Å². The lowest BCUT2D eigenvalue weighted by Crippen LogP contribution is -2.78. The predicted molar refractivity (Wildman–Crippen MR) is 88.5 cm³/mol.